The Morgan fingerprint density at radius 3 is 2.08 bits per heavy atom. The van der Waals surface area contributed by atoms with Gasteiger partial charge in [-0.1, -0.05) is 23.2 Å². The van der Waals surface area contributed by atoms with Crippen LogP contribution in [0.4, 0.5) is 4.79 Å². The highest BCUT2D eigenvalue weighted by molar-refractivity contribution is 6.33. The number of carbonyl (C=O) groups is 2. The van der Waals surface area contributed by atoms with Gasteiger partial charge in [0.1, 0.15) is 0 Å². The fourth-order valence-corrected chi connectivity index (χ4v) is 3.71. The molecule has 3 aromatic rings. The van der Waals surface area contributed by atoms with Crippen LogP contribution >= 0.6 is 23.2 Å². The number of hydrogen-bond donors (Lipinski definition) is 2. The lowest BCUT2D eigenvalue weighted by molar-refractivity contribution is -0.126. The number of aliphatic hydroxyl groups is 1. The van der Waals surface area contributed by atoms with Crippen LogP contribution < -0.4 is 5.32 Å². The summed E-state index contributed by atoms with van der Waals surface area (Å²) in [7, 11) is 0. The Hall–Kier alpha value is -2.28. The maximum absolute atomic E-state index is 11.7. The molecule has 1 fully saturated rings. The summed E-state index contributed by atoms with van der Waals surface area (Å²) in [6.45, 7) is 0.130. The predicted molar refractivity (Wildman–Crippen MR) is 101 cm³/mol. The number of aromatic nitrogens is 1. The van der Waals surface area contributed by atoms with E-state index >= 15 is 0 Å². The Labute approximate surface area is 158 Å². The molecule has 0 spiro atoms. The molecule has 1 saturated heterocycles. The first kappa shape index (κ1) is 17.1. The van der Waals surface area contributed by atoms with Crippen molar-refractivity contribution in [2.75, 3.05) is 13.1 Å². The highest BCUT2D eigenvalue weighted by Gasteiger charge is 2.30. The number of amides is 3. The SMILES string of the molecule is O=C1CNC(=O)N1C[C@@H](O)Cn1c2ccc(Cl)cc2c2cc(Cl)ccc21. The van der Waals surface area contributed by atoms with Crippen molar-refractivity contribution in [2.24, 2.45) is 0 Å². The second-order valence-electron chi connectivity index (χ2n) is 6.25. The number of aliphatic hydroxyl groups excluding tert-OH is 1. The number of imide groups is 1. The molecule has 4 rings (SSSR count). The molecular formula is C18H15Cl2N3O3. The van der Waals surface area contributed by atoms with E-state index in [1.54, 1.807) is 12.1 Å². The summed E-state index contributed by atoms with van der Waals surface area (Å²) in [5, 5.41) is 16.0. The molecule has 0 aliphatic carbocycles. The summed E-state index contributed by atoms with van der Waals surface area (Å²) in [6, 6.07) is 10.6. The van der Waals surface area contributed by atoms with Gasteiger partial charge in [-0.3, -0.25) is 9.69 Å². The van der Waals surface area contributed by atoms with E-state index in [4.69, 9.17) is 23.2 Å². The normalized spacial score (nSPS) is 15.9. The summed E-state index contributed by atoms with van der Waals surface area (Å²) >= 11 is 12.3. The third-order valence-corrected chi connectivity index (χ3v) is 4.98. The molecule has 0 unspecified atom stereocenters. The number of nitrogens with one attached hydrogen (secondary N) is 1. The Balaban J connectivity index is 1.73. The zero-order valence-corrected chi connectivity index (χ0v) is 15.1. The number of urea groups is 1. The van der Waals surface area contributed by atoms with Gasteiger partial charge < -0.3 is 15.0 Å². The molecule has 1 aliphatic rings. The quantitative estimate of drug-likeness (QED) is 0.671. The van der Waals surface area contributed by atoms with Crippen LogP contribution in [0, 0.1) is 0 Å². The molecule has 2 N–H and O–H groups in total. The van der Waals surface area contributed by atoms with Gasteiger partial charge in [0.05, 0.1) is 25.7 Å². The third-order valence-electron chi connectivity index (χ3n) is 4.51. The second kappa shape index (κ2) is 6.46. The van der Waals surface area contributed by atoms with Crippen molar-refractivity contribution in [2.45, 2.75) is 12.6 Å². The standard InChI is InChI=1S/C18H15Cl2N3O3/c19-10-1-3-15-13(5-10)14-6-11(20)2-4-16(14)22(15)8-12(24)9-23-17(25)7-21-18(23)26/h1-6,12,24H,7-9H2,(H,21,26)/t12-/m0/s1. The van der Waals surface area contributed by atoms with Gasteiger partial charge in [-0.15, -0.1) is 0 Å². The highest BCUT2D eigenvalue weighted by atomic mass is 35.5. The summed E-state index contributed by atoms with van der Waals surface area (Å²) in [5.41, 5.74) is 1.78. The molecule has 134 valence electrons. The van der Waals surface area contributed by atoms with Gasteiger partial charge in [0.25, 0.3) is 0 Å². The van der Waals surface area contributed by atoms with Gasteiger partial charge in [0.2, 0.25) is 5.91 Å². The molecule has 2 heterocycles. The van der Waals surface area contributed by atoms with Gasteiger partial charge in [0, 0.05) is 31.9 Å². The lowest BCUT2D eigenvalue weighted by Crippen LogP contribution is -2.39. The third kappa shape index (κ3) is 2.90. The Bertz CT molecular complexity index is 972. The molecule has 6 nitrogen and oxygen atoms in total. The van der Waals surface area contributed by atoms with E-state index in [9.17, 15) is 14.7 Å². The minimum Gasteiger partial charge on any atom is -0.389 e. The first-order valence-corrected chi connectivity index (χ1v) is 8.83. The smallest absolute Gasteiger partial charge is 0.324 e. The van der Waals surface area contributed by atoms with Crippen LogP contribution in [0.5, 0.6) is 0 Å². The summed E-state index contributed by atoms with van der Waals surface area (Å²) < 4.78 is 1.94. The molecule has 0 bridgehead atoms. The highest BCUT2D eigenvalue weighted by Crippen LogP contribution is 2.33. The van der Waals surface area contributed by atoms with Crippen molar-refractivity contribution in [1.29, 1.82) is 0 Å². The van der Waals surface area contributed by atoms with E-state index in [1.807, 2.05) is 28.8 Å². The predicted octanol–water partition coefficient (Wildman–Crippen LogP) is 3.01. The lowest BCUT2D eigenvalue weighted by atomic mass is 10.1. The summed E-state index contributed by atoms with van der Waals surface area (Å²) in [5.74, 6) is -0.338. The van der Waals surface area contributed by atoms with Crippen LogP contribution in [-0.4, -0.2) is 45.7 Å². The fraction of sp³-hybridized carbons (Fsp3) is 0.222. The maximum atomic E-state index is 11.7. The van der Waals surface area contributed by atoms with Crippen LogP contribution in [0.3, 0.4) is 0 Å². The number of carbonyl (C=O) groups excluding carboxylic acids is 2. The van der Waals surface area contributed by atoms with Crippen molar-refractivity contribution < 1.29 is 14.7 Å². The van der Waals surface area contributed by atoms with E-state index in [1.165, 1.54) is 0 Å². The fourth-order valence-electron chi connectivity index (χ4n) is 3.36. The van der Waals surface area contributed by atoms with Crippen LogP contribution in [0.1, 0.15) is 0 Å². The molecule has 0 saturated carbocycles. The van der Waals surface area contributed by atoms with Crippen molar-refractivity contribution in [3.05, 3.63) is 46.4 Å². The largest absolute Gasteiger partial charge is 0.389 e. The minimum atomic E-state index is -0.909. The molecule has 1 atom stereocenters. The molecule has 3 amide bonds. The minimum absolute atomic E-state index is 0.0298. The number of fused-ring (bicyclic) bond motifs is 3. The number of benzene rings is 2. The van der Waals surface area contributed by atoms with Crippen LogP contribution in [0.2, 0.25) is 10.0 Å². The van der Waals surface area contributed by atoms with Gasteiger partial charge in [-0.25, -0.2) is 4.79 Å². The molecule has 26 heavy (non-hydrogen) atoms. The average Bonchev–Trinajstić information content (AvgIpc) is 3.07. The van der Waals surface area contributed by atoms with Gasteiger partial charge in [-0.05, 0) is 36.4 Å². The molecule has 1 aliphatic heterocycles. The molecule has 0 radical (unpaired) electrons. The summed E-state index contributed by atoms with van der Waals surface area (Å²) in [6.07, 6.45) is -0.909. The zero-order chi connectivity index (χ0) is 18.4. The molecular weight excluding hydrogens is 377 g/mol. The van der Waals surface area contributed by atoms with E-state index in [0.29, 0.717) is 10.0 Å². The Morgan fingerprint density at radius 2 is 1.58 bits per heavy atom. The lowest BCUT2D eigenvalue weighted by Gasteiger charge is -2.19. The number of rotatable bonds is 4. The molecule has 2 aromatic carbocycles. The van der Waals surface area contributed by atoms with Crippen LogP contribution in [-0.2, 0) is 11.3 Å². The van der Waals surface area contributed by atoms with E-state index in [-0.39, 0.29) is 25.5 Å². The van der Waals surface area contributed by atoms with E-state index in [0.717, 1.165) is 26.7 Å². The summed E-state index contributed by atoms with van der Waals surface area (Å²) in [4.78, 5) is 24.4. The van der Waals surface area contributed by atoms with E-state index < -0.39 is 12.1 Å². The molecule has 1 aromatic heterocycles. The van der Waals surface area contributed by atoms with Gasteiger partial charge in [0.15, 0.2) is 0 Å². The van der Waals surface area contributed by atoms with E-state index in [2.05, 4.69) is 5.32 Å². The maximum Gasteiger partial charge on any atom is 0.324 e. The Kier molecular flexibility index (Phi) is 4.26. The first-order chi connectivity index (χ1) is 12.4. The number of hydrogen-bond acceptors (Lipinski definition) is 3. The van der Waals surface area contributed by atoms with Crippen molar-refractivity contribution in [1.82, 2.24) is 14.8 Å². The number of nitrogens with zero attached hydrogens (tertiary/aromatic N) is 2. The van der Waals surface area contributed by atoms with Crippen LogP contribution in [0.25, 0.3) is 21.8 Å². The number of β-amino-alcohol motifs (C(OH)–C–C–N with tert-alkyl or cyclic N) is 1. The van der Waals surface area contributed by atoms with Gasteiger partial charge in [-0.2, -0.15) is 0 Å². The van der Waals surface area contributed by atoms with Crippen molar-refractivity contribution >= 4 is 56.9 Å². The van der Waals surface area contributed by atoms with Crippen LogP contribution in [0.15, 0.2) is 36.4 Å². The molecule has 8 heteroatoms. The van der Waals surface area contributed by atoms with Crippen molar-refractivity contribution in [3.8, 4) is 0 Å². The zero-order valence-electron chi connectivity index (χ0n) is 13.6. The average molecular weight is 392 g/mol. The first-order valence-electron chi connectivity index (χ1n) is 8.07. The Morgan fingerprint density at radius 1 is 1.00 bits per heavy atom. The van der Waals surface area contributed by atoms with Crippen molar-refractivity contribution in [3.63, 3.8) is 0 Å². The second-order valence-corrected chi connectivity index (χ2v) is 7.12. The monoisotopic (exact) mass is 391 g/mol. The number of halogens is 2. The van der Waals surface area contributed by atoms with Gasteiger partial charge >= 0.3 is 6.03 Å². The topological polar surface area (TPSA) is 74.6 Å².